The van der Waals surface area contributed by atoms with E-state index >= 15 is 0 Å². The summed E-state index contributed by atoms with van der Waals surface area (Å²) in [6, 6.07) is 7.85. The lowest BCUT2D eigenvalue weighted by Gasteiger charge is -2.38. The van der Waals surface area contributed by atoms with E-state index in [4.69, 9.17) is 17.0 Å². The molecule has 0 aromatic heterocycles. The molecule has 0 saturated carbocycles. The molecule has 1 N–H and O–H groups in total. The van der Waals surface area contributed by atoms with Gasteiger partial charge in [-0.2, -0.15) is 0 Å². The van der Waals surface area contributed by atoms with Crippen molar-refractivity contribution in [2.24, 2.45) is 0 Å². The van der Waals surface area contributed by atoms with E-state index in [2.05, 4.69) is 15.1 Å². The van der Waals surface area contributed by atoms with E-state index in [1.54, 1.807) is 7.11 Å². The van der Waals surface area contributed by atoms with Crippen LogP contribution >= 0.6 is 12.2 Å². The first kappa shape index (κ1) is 17.4. The zero-order chi connectivity index (χ0) is 17.2. The Morgan fingerprint density at radius 2 is 2.04 bits per heavy atom. The fourth-order valence-corrected chi connectivity index (χ4v) is 5.32. The molecule has 2 aliphatic heterocycles. The van der Waals surface area contributed by atoms with E-state index < -0.39 is 9.84 Å². The smallest absolute Gasteiger partial charge is 0.173 e. The van der Waals surface area contributed by atoms with Crippen molar-refractivity contribution in [2.45, 2.75) is 12.5 Å². The number of benzene rings is 1. The van der Waals surface area contributed by atoms with Gasteiger partial charge in [0.1, 0.15) is 5.75 Å². The van der Waals surface area contributed by atoms with Crippen LogP contribution in [0.15, 0.2) is 24.3 Å². The van der Waals surface area contributed by atoms with E-state index in [0.29, 0.717) is 16.6 Å². The topological polar surface area (TPSA) is 61.9 Å². The monoisotopic (exact) mass is 369 g/mol. The maximum atomic E-state index is 11.6. The average molecular weight is 370 g/mol. The molecule has 0 radical (unpaired) electrons. The number of piperazine rings is 1. The summed E-state index contributed by atoms with van der Waals surface area (Å²) in [5.74, 6) is 1.42. The lowest BCUT2D eigenvalue weighted by atomic mass is 10.2. The highest BCUT2D eigenvalue weighted by Gasteiger charge is 2.33. The number of anilines is 1. The van der Waals surface area contributed by atoms with Crippen molar-refractivity contribution < 1.29 is 13.2 Å². The largest absolute Gasteiger partial charge is 0.497 e. The number of sulfone groups is 1. The van der Waals surface area contributed by atoms with Gasteiger partial charge in [0.25, 0.3) is 0 Å². The molecule has 1 aromatic rings. The number of hydrogen-bond acceptors (Lipinski definition) is 5. The number of hydrogen-bond donors (Lipinski definition) is 1. The summed E-state index contributed by atoms with van der Waals surface area (Å²) >= 11 is 5.50. The Labute approximate surface area is 148 Å². The van der Waals surface area contributed by atoms with Gasteiger partial charge in [0.15, 0.2) is 14.9 Å². The summed E-state index contributed by atoms with van der Waals surface area (Å²) in [4.78, 5) is 4.42. The predicted octanol–water partition coefficient (Wildman–Crippen LogP) is 1.20. The highest BCUT2D eigenvalue weighted by molar-refractivity contribution is 7.91. The van der Waals surface area contributed by atoms with Gasteiger partial charge in [0, 0.05) is 44.0 Å². The first-order chi connectivity index (χ1) is 11.5. The van der Waals surface area contributed by atoms with Gasteiger partial charge in [-0.3, -0.25) is 4.90 Å². The van der Waals surface area contributed by atoms with Crippen LogP contribution in [0.1, 0.15) is 6.42 Å². The van der Waals surface area contributed by atoms with Crippen molar-refractivity contribution in [1.82, 2.24) is 9.80 Å². The third kappa shape index (κ3) is 4.17. The average Bonchev–Trinajstić information content (AvgIpc) is 2.95. The van der Waals surface area contributed by atoms with Gasteiger partial charge in [-0.15, -0.1) is 0 Å². The molecule has 1 aromatic carbocycles. The molecule has 2 heterocycles. The second kappa shape index (κ2) is 7.25. The maximum Gasteiger partial charge on any atom is 0.173 e. The summed E-state index contributed by atoms with van der Waals surface area (Å²) in [6.07, 6.45) is 0.759. The number of ether oxygens (including phenoxy) is 1. The Bertz CT molecular complexity index is 700. The van der Waals surface area contributed by atoms with Crippen molar-refractivity contribution in [3.8, 4) is 5.75 Å². The molecule has 24 heavy (non-hydrogen) atoms. The molecule has 2 fully saturated rings. The first-order valence-corrected chi connectivity index (χ1v) is 10.3. The lowest BCUT2D eigenvalue weighted by molar-refractivity contribution is 0.144. The summed E-state index contributed by atoms with van der Waals surface area (Å²) in [6.45, 7) is 3.32. The standard InChI is InChI=1S/C16H23N3O3S2/c1-22-15-4-2-3-13(11-15)17-16(23)19-8-6-18(7-9-19)14-5-10-24(20,21)12-14/h2-4,11,14H,5-10,12H2,1H3,(H,17,23)/t14-/m1/s1. The lowest BCUT2D eigenvalue weighted by Crippen LogP contribution is -2.53. The molecule has 0 spiro atoms. The molecule has 2 aliphatic rings. The van der Waals surface area contributed by atoms with Crippen LogP contribution in [-0.4, -0.2) is 74.2 Å². The van der Waals surface area contributed by atoms with Crippen LogP contribution in [0.4, 0.5) is 5.69 Å². The van der Waals surface area contributed by atoms with Crippen LogP contribution in [-0.2, 0) is 9.84 Å². The number of methoxy groups -OCH3 is 1. The summed E-state index contributed by atoms with van der Waals surface area (Å²) in [7, 11) is -1.19. The molecule has 1 atom stereocenters. The fraction of sp³-hybridized carbons (Fsp3) is 0.562. The van der Waals surface area contributed by atoms with Crippen molar-refractivity contribution >= 4 is 32.9 Å². The SMILES string of the molecule is COc1cccc(NC(=S)N2CCN([C@@H]3CCS(=O)(=O)C3)CC2)c1. The molecule has 0 bridgehead atoms. The summed E-state index contributed by atoms with van der Waals surface area (Å²) in [5, 5.41) is 3.94. The second-order valence-electron chi connectivity index (χ2n) is 6.24. The third-order valence-electron chi connectivity index (χ3n) is 4.65. The van der Waals surface area contributed by atoms with Crippen molar-refractivity contribution in [2.75, 3.05) is 50.1 Å². The van der Waals surface area contributed by atoms with E-state index in [9.17, 15) is 8.42 Å². The van der Waals surface area contributed by atoms with Crippen LogP contribution in [0.25, 0.3) is 0 Å². The third-order valence-corrected chi connectivity index (χ3v) is 6.76. The van der Waals surface area contributed by atoms with Crippen molar-refractivity contribution in [3.63, 3.8) is 0 Å². The van der Waals surface area contributed by atoms with E-state index in [0.717, 1.165) is 44.0 Å². The maximum absolute atomic E-state index is 11.6. The van der Waals surface area contributed by atoms with E-state index in [1.807, 2.05) is 24.3 Å². The Balaban J connectivity index is 1.52. The van der Waals surface area contributed by atoms with Crippen LogP contribution < -0.4 is 10.1 Å². The van der Waals surface area contributed by atoms with Gasteiger partial charge in [-0.25, -0.2) is 8.42 Å². The van der Waals surface area contributed by atoms with E-state index in [-0.39, 0.29) is 6.04 Å². The zero-order valence-corrected chi connectivity index (χ0v) is 15.4. The Morgan fingerprint density at radius 3 is 2.67 bits per heavy atom. The van der Waals surface area contributed by atoms with Crippen molar-refractivity contribution in [1.29, 1.82) is 0 Å². The number of thiocarbonyl (C=S) groups is 1. The van der Waals surface area contributed by atoms with Gasteiger partial charge in [0.2, 0.25) is 0 Å². The highest BCUT2D eigenvalue weighted by Crippen LogP contribution is 2.20. The summed E-state index contributed by atoms with van der Waals surface area (Å²) in [5.41, 5.74) is 0.906. The Morgan fingerprint density at radius 1 is 1.29 bits per heavy atom. The Hall–Kier alpha value is -1.38. The van der Waals surface area contributed by atoms with Crippen LogP contribution in [0.2, 0.25) is 0 Å². The molecule has 132 valence electrons. The first-order valence-electron chi connectivity index (χ1n) is 8.11. The minimum absolute atomic E-state index is 0.178. The highest BCUT2D eigenvalue weighted by atomic mass is 32.2. The molecule has 6 nitrogen and oxygen atoms in total. The Kier molecular flexibility index (Phi) is 5.27. The fourth-order valence-electron chi connectivity index (χ4n) is 3.26. The molecular formula is C16H23N3O3S2. The zero-order valence-electron chi connectivity index (χ0n) is 13.8. The quantitative estimate of drug-likeness (QED) is 0.803. The summed E-state index contributed by atoms with van der Waals surface area (Å²) < 4.78 is 28.5. The van der Waals surface area contributed by atoms with Gasteiger partial charge < -0.3 is 15.0 Å². The van der Waals surface area contributed by atoms with Gasteiger partial charge in [-0.1, -0.05) is 6.07 Å². The van der Waals surface area contributed by atoms with Crippen LogP contribution in [0, 0.1) is 0 Å². The molecule has 0 amide bonds. The predicted molar refractivity (Wildman–Crippen MR) is 99.4 cm³/mol. The molecule has 2 saturated heterocycles. The molecule has 3 rings (SSSR count). The van der Waals surface area contributed by atoms with Crippen molar-refractivity contribution in [3.05, 3.63) is 24.3 Å². The molecule has 0 unspecified atom stereocenters. The number of nitrogens with one attached hydrogen (secondary N) is 1. The van der Waals surface area contributed by atoms with E-state index in [1.165, 1.54) is 0 Å². The minimum Gasteiger partial charge on any atom is -0.497 e. The van der Waals surface area contributed by atoms with Gasteiger partial charge >= 0.3 is 0 Å². The van der Waals surface area contributed by atoms with Gasteiger partial charge in [-0.05, 0) is 30.8 Å². The minimum atomic E-state index is -2.83. The molecular weight excluding hydrogens is 346 g/mol. The normalized spacial score (nSPS) is 23.9. The van der Waals surface area contributed by atoms with Crippen LogP contribution in [0.5, 0.6) is 5.75 Å². The second-order valence-corrected chi connectivity index (χ2v) is 8.86. The number of nitrogens with zero attached hydrogens (tertiary/aromatic N) is 2. The molecule has 8 heteroatoms. The van der Waals surface area contributed by atoms with Crippen LogP contribution in [0.3, 0.4) is 0 Å². The van der Waals surface area contributed by atoms with Gasteiger partial charge in [0.05, 0.1) is 18.6 Å². The molecule has 0 aliphatic carbocycles. The number of rotatable bonds is 3.